The number of benzene rings is 3. The van der Waals surface area contributed by atoms with Crippen LogP contribution >= 0.6 is 0 Å². The van der Waals surface area contributed by atoms with Crippen molar-refractivity contribution in [3.8, 4) is 11.5 Å². The predicted octanol–water partition coefficient (Wildman–Crippen LogP) is 5.98. The zero-order valence-corrected chi connectivity index (χ0v) is 21.4. The molecule has 0 aliphatic carbocycles. The maximum atomic E-state index is 13.5. The van der Waals surface area contributed by atoms with Crippen LogP contribution in [-0.4, -0.2) is 30.0 Å². The SMILES string of the molecule is Cc1ccccc1C1/C(=C(\O)c2ccc3c(c2)CCCO3)C(=O)C(=O)N1c1ccc(OCC(C)C)cc1. The van der Waals surface area contributed by atoms with Crippen LogP contribution in [0.1, 0.15) is 48.6 Å². The number of carbonyl (C=O) groups excluding carboxylic acids is 2. The number of aliphatic hydroxyl groups is 1. The van der Waals surface area contributed by atoms with E-state index < -0.39 is 17.7 Å². The standard InChI is InChI=1S/C31H31NO5/c1-19(2)18-37-24-13-11-23(12-14-24)32-28(25-9-5-4-7-20(25)3)27(30(34)31(32)35)29(33)22-10-15-26-21(17-22)8-6-16-36-26/h4-5,7,9-15,17,19,28,33H,6,8,16,18H2,1-3H3/b29-27+. The molecule has 0 spiro atoms. The number of aryl methyl sites for hydroxylation is 2. The van der Waals surface area contributed by atoms with Gasteiger partial charge >= 0.3 is 0 Å². The maximum Gasteiger partial charge on any atom is 0.300 e. The fourth-order valence-electron chi connectivity index (χ4n) is 4.92. The van der Waals surface area contributed by atoms with E-state index in [-0.39, 0.29) is 11.3 Å². The fraction of sp³-hybridized carbons (Fsp3) is 0.290. The third-order valence-electron chi connectivity index (χ3n) is 6.81. The van der Waals surface area contributed by atoms with Crippen molar-refractivity contribution in [1.82, 2.24) is 0 Å². The first kappa shape index (κ1) is 24.6. The van der Waals surface area contributed by atoms with Crippen molar-refractivity contribution in [2.45, 2.75) is 39.7 Å². The third kappa shape index (κ3) is 4.71. The molecule has 3 aromatic rings. The van der Waals surface area contributed by atoms with Gasteiger partial charge in [-0.1, -0.05) is 38.1 Å². The zero-order valence-electron chi connectivity index (χ0n) is 21.4. The molecule has 1 unspecified atom stereocenters. The minimum absolute atomic E-state index is 0.0797. The van der Waals surface area contributed by atoms with Gasteiger partial charge in [-0.15, -0.1) is 0 Å². The molecule has 2 heterocycles. The van der Waals surface area contributed by atoms with Crippen LogP contribution in [-0.2, 0) is 16.0 Å². The molecule has 6 heteroatoms. The molecule has 190 valence electrons. The smallest absolute Gasteiger partial charge is 0.300 e. The molecule has 1 atom stereocenters. The number of anilines is 1. The molecule has 6 nitrogen and oxygen atoms in total. The van der Waals surface area contributed by atoms with Gasteiger partial charge in [0.1, 0.15) is 17.3 Å². The molecule has 0 bridgehead atoms. The van der Waals surface area contributed by atoms with Crippen molar-refractivity contribution in [3.63, 3.8) is 0 Å². The number of amides is 1. The van der Waals surface area contributed by atoms with Crippen LogP contribution in [0.15, 0.2) is 72.3 Å². The van der Waals surface area contributed by atoms with Gasteiger partial charge in [0.2, 0.25) is 0 Å². The van der Waals surface area contributed by atoms with E-state index >= 15 is 0 Å². The summed E-state index contributed by atoms with van der Waals surface area (Å²) in [6.07, 6.45) is 1.72. The Labute approximate surface area is 217 Å². The molecule has 1 saturated heterocycles. The van der Waals surface area contributed by atoms with E-state index in [4.69, 9.17) is 9.47 Å². The molecule has 1 N–H and O–H groups in total. The molecular weight excluding hydrogens is 466 g/mol. The van der Waals surface area contributed by atoms with E-state index in [0.717, 1.165) is 35.3 Å². The first-order valence-corrected chi connectivity index (χ1v) is 12.7. The predicted molar refractivity (Wildman–Crippen MR) is 143 cm³/mol. The zero-order chi connectivity index (χ0) is 26.1. The van der Waals surface area contributed by atoms with Crippen molar-refractivity contribution in [2.24, 2.45) is 5.92 Å². The lowest BCUT2D eigenvalue weighted by Crippen LogP contribution is -2.29. The lowest BCUT2D eigenvalue weighted by molar-refractivity contribution is -0.132. The second kappa shape index (κ2) is 10.1. The first-order chi connectivity index (χ1) is 17.8. The minimum Gasteiger partial charge on any atom is -0.507 e. The molecule has 2 aliphatic rings. The number of nitrogens with zero attached hydrogens (tertiary/aromatic N) is 1. The highest BCUT2D eigenvalue weighted by Crippen LogP contribution is 2.43. The highest BCUT2D eigenvalue weighted by molar-refractivity contribution is 6.51. The Hall–Kier alpha value is -4.06. The molecule has 37 heavy (non-hydrogen) atoms. The van der Waals surface area contributed by atoms with Crippen LogP contribution in [0.4, 0.5) is 5.69 Å². The molecular formula is C31H31NO5. The number of hydrogen-bond donors (Lipinski definition) is 1. The summed E-state index contributed by atoms with van der Waals surface area (Å²) < 4.78 is 11.5. The van der Waals surface area contributed by atoms with Gasteiger partial charge in [0.15, 0.2) is 0 Å². The van der Waals surface area contributed by atoms with E-state index in [1.807, 2.05) is 43.3 Å². The number of aliphatic hydroxyl groups excluding tert-OH is 1. The topological polar surface area (TPSA) is 76.1 Å². The van der Waals surface area contributed by atoms with Crippen LogP contribution in [0.2, 0.25) is 0 Å². The molecule has 0 saturated carbocycles. The Morgan fingerprint density at radius 1 is 1.08 bits per heavy atom. The summed E-state index contributed by atoms with van der Waals surface area (Å²) in [5, 5.41) is 11.5. The van der Waals surface area contributed by atoms with Gasteiger partial charge in [0, 0.05) is 11.3 Å². The molecule has 1 amide bonds. The van der Waals surface area contributed by atoms with Crippen molar-refractivity contribution in [3.05, 3.63) is 94.6 Å². The Bertz CT molecular complexity index is 1370. The van der Waals surface area contributed by atoms with Gasteiger partial charge in [0.25, 0.3) is 11.7 Å². The van der Waals surface area contributed by atoms with Crippen molar-refractivity contribution in [1.29, 1.82) is 0 Å². The Kier molecular flexibility index (Phi) is 6.74. The summed E-state index contributed by atoms with van der Waals surface area (Å²) in [7, 11) is 0. The average molecular weight is 498 g/mol. The second-order valence-corrected chi connectivity index (χ2v) is 10.00. The monoisotopic (exact) mass is 497 g/mol. The van der Waals surface area contributed by atoms with Crippen molar-refractivity contribution in [2.75, 3.05) is 18.1 Å². The molecule has 2 aliphatic heterocycles. The first-order valence-electron chi connectivity index (χ1n) is 12.7. The molecule has 3 aromatic carbocycles. The molecule has 0 aromatic heterocycles. The van der Waals surface area contributed by atoms with Crippen LogP contribution < -0.4 is 14.4 Å². The van der Waals surface area contributed by atoms with E-state index in [9.17, 15) is 14.7 Å². The van der Waals surface area contributed by atoms with Gasteiger partial charge in [-0.3, -0.25) is 14.5 Å². The number of ketones is 1. The number of carbonyl (C=O) groups is 2. The summed E-state index contributed by atoms with van der Waals surface area (Å²) in [5.41, 5.74) is 3.82. The number of hydrogen-bond acceptors (Lipinski definition) is 5. The second-order valence-electron chi connectivity index (χ2n) is 10.00. The Balaban J connectivity index is 1.61. The lowest BCUT2D eigenvalue weighted by atomic mass is 9.91. The molecule has 0 radical (unpaired) electrons. The van der Waals surface area contributed by atoms with Crippen molar-refractivity contribution < 1.29 is 24.2 Å². The number of ether oxygens (including phenoxy) is 2. The summed E-state index contributed by atoms with van der Waals surface area (Å²) in [6, 6.07) is 19.4. The summed E-state index contributed by atoms with van der Waals surface area (Å²) >= 11 is 0. The normalized spacial score (nSPS) is 18.6. The molecule has 1 fully saturated rings. The molecule has 5 rings (SSSR count). The van der Waals surface area contributed by atoms with Crippen LogP contribution in [0.25, 0.3) is 5.76 Å². The quantitative estimate of drug-likeness (QED) is 0.258. The lowest BCUT2D eigenvalue weighted by Gasteiger charge is -2.27. The van der Waals surface area contributed by atoms with Gasteiger partial charge < -0.3 is 14.6 Å². The van der Waals surface area contributed by atoms with E-state index in [1.165, 1.54) is 4.90 Å². The van der Waals surface area contributed by atoms with E-state index in [0.29, 0.717) is 36.1 Å². The number of Topliss-reactive ketones (excluding diaryl/α,β-unsaturated/α-hetero) is 1. The average Bonchev–Trinajstić information content (AvgIpc) is 3.17. The van der Waals surface area contributed by atoms with Crippen molar-refractivity contribution >= 4 is 23.1 Å². The summed E-state index contributed by atoms with van der Waals surface area (Å²) in [6.45, 7) is 7.34. The van der Waals surface area contributed by atoms with Crippen LogP contribution in [0, 0.1) is 12.8 Å². The summed E-state index contributed by atoms with van der Waals surface area (Å²) in [5.74, 6) is 0.302. The largest absolute Gasteiger partial charge is 0.507 e. The summed E-state index contributed by atoms with van der Waals surface area (Å²) in [4.78, 5) is 28.4. The fourth-order valence-corrected chi connectivity index (χ4v) is 4.92. The van der Waals surface area contributed by atoms with Crippen LogP contribution in [0.3, 0.4) is 0 Å². The number of rotatable bonds is 6. The maximum absolute atomic E-state index is 13.5. The van der Waals surface area contributed by atoms with Gasteiger partial charge in [0.05, 0.1) is 24.8 Å². The van der Waals surface area contributed by atoms with Gasteiger partial charge in [-0.2, -0.15) is 0 Å². The Morgan fingerprint density at radius 2 is 1.84 bits per heavy atom. The highest BCUT2D eigenvalue weighted by atomic mass is 16.5. The van der Waals surface area contributed by atoms with Crippen LogP contribution in [0.5, 0.6) is 11.5 Å². The van der Waals surface area contributed by atoms with E-state index in [1.54, 1.807) is 30.3 Å². The van der Waals surface area contributed by atoms with Gasteiger partial charge in [-0.25, -0.2) is 0 Å². The highest BCUT2D eigenvalue weighted by Gasteiger charge is 2.47. The third-order valence-corrected chi connectivity index (χ3v) is 6.81. The Morgan fingerprint density at radius 3 is 2.57 bits per heavy atom. The van der Waals surface area contributed by atoms with Gasteiger partial charge in [-0.05, 0) is 84.8 Å². The van der Waals surface area contributed by atoms with E-state index in [2.05, 4.69) is 13.8 Å². The minimum atomic E-state index is -0.768. The number of fused-ring (bicyclic) bond motifs is 1.